The number of hydrogen-bond donors (Lipinski definition) is 1. The normalized spacial score (nSPS) is 17.2. The number of anilines is 1. The van der Waals surface area contributed by atoms with E-state index in [1.165, 1.54) is 28.6 Å². The third-order valence-electron chi connectivity index (χ3n) is 6.44. The molecular formula is C25H33N7O5S2. The summed E-state index contributed by atoms with van der Waals surface area (Å²) in [6, 6.07) is 6.00. The van der Waals surface area contributed by atoms with Gasteiger partial charge in [0.1, 0.15) is 5.82 Å². The zero-order valence-electron chi connectivity index (χ0n) is 22.1. The van der Waals surface area contributed by atoms with Crippen LogP contribution < -0.4 is 10.2 Å². The van der Waals surface area contributed by atoms with Crippen molar-refractivity contribution in [3.05, 3.63) is 36.0 Å². The van der Waals surface area contributed by atoms with Crippen LogP contribution in [0, 0.1) is 0 Å². The molecule has 0 aliphatic carbocycles. The number of thioether (sulfide) groups is 1. The Morgan fingerprint density at radius 1 is 1.03 bits per heavy atom. The van der Waals surface area contributed by atoms with Gasteiger partial charge in [0.25, 0.3) is 5.91 Å². The Morgan fingerprint density at radius 3 is 2.36 bits per heavy atom. The summed E-state index contributed by atoms with van der Waals surface area (Å²) < 4.78 is 39.6. The third-order valence-corrected chi connectivity index (χ3v) is 9.22. The van der Waals surface area contributed by atoms with E-state index in [-0.39, 0.29) is 10.8 Å². The van der Waals surface area contributed by atoms with Gasteiger partial charge in [0.15, 0.2) is 10.8 Å². The Balaban J connectivity index is 1.26. The highest BCUT2D eigenvalue weighted by molar-refractivity contribution is 7.99. The van der Waals surface area contributed by atoms with E-state index in [9.17, 15) is 13.2 Å². The minimum absolute atomic E-state index is 0.162. The lowest BCUT2D eigenvalue weighted by Crippen LogP contribution is -2.40. The van der Waals surface area contributed by atoms with Crippen LogP contribution in [0.3, 0.4) is 0 Å². The van der Waals surface area contributed by atoms with Gasteiger partial charge < -0.3 is 19.7 Å². The average Bonchev–Trinajstić information content (AvgIpc) is 3.36. The Bertz CT molecular complexity index is 1400. The summed E-state index contributed by atoms with van der Waals surface area (Å²) in [4.78, 5) is 24.7. The maximum atomic E-state index is 12.8. The van der Waals surface area contributed by atoms with Gasteiger partial charge >= 0.3 is 0 Å². The van der Waals surface area contributed by atoms with Crippen LogP contribution in [-0.2, 0) is 26.0 Å². The third kappa shape index (κ3) is 6.35. The maximum absolute atomic E-state index is 12.8. The largest absolute Gasteiger partial charge is 0.379 e. The first-order valence-electron chi connectivity index (χ1n) is 13.0. The number of nitrogens with zero attached hydrogens (tertiary/aromatic N) is 6. The lowest BCUT2D eigenvalue weighted by Gasteiger charge is -2.28. The van der Waals surface area contributed by atoms with Crippen LogP contribution in [0.5, 0.6) is 0 Å². The first-order valence-corrected chi connectivity index (χ1v) is 15.3. The molecule has 3 aromatic rings. The SMILES string of the molecule is CC(C)Sc1nc(N2CCOCC2)c2cnn(CCNC(=O)c3ccc(S(=O)(=O)N4CCOCC4)cc3)c2n1. The highest BCUT2D eigenvalue weighted by Gasteiger charge is 2.26. The molecule has 1 amide bonds. The van der Waals surface area contributed by atoms with Gasteiger partial charge in [-0.15, -0.1) is 0 Å². The van der Waals surface area contributed by atoms with Crippen molar-refractivity contribution < 1.29 is 22.7 Å². The molecule has 14 heteroatoms. The molecule has 12 nitrogen and oxygen atoms in total. The highest BCUT2D eigenvalue weighted by atomic mass is 32.2. The molecule has 0 saturated carbocycles. The Hall–Kier alpha value is -2.78. The molecule has 0 unspecified atom stereocenters. The van der Waals surface area contributed by atoms with Crippen LogP contribution in [0.25, 0.3) is 11.0 Å². The van der Waals surface area contributed by atoms with Crippen LogP contribution in [0.1, 0.15) is 24.2 Å². The number of carbonyl (C=O) groups is 1. The van der Waals surface area contributed by atoms with Crippen LogP contribution in [0.15, 0.2) is 40.5 Å². The molecule has 2 aliphatic rings. The number of hydrogen-bond acceptors (Lipinski definition) is 10. The van der Waals surface area contributed by atoms with Crippen LogP contribution >= 0.6 is 11.8 Å². The smallest absolute Gasteiger partial charge is 0.251 e. The van der Waals surface area contributed by atoms with Crippen molar-refractivity contribution in [2.24, 2.45) is 0 Å². The molecule has 4 heterocycles. The molecule has 0 radical (unpaired) electrons. The number of rotatable bonds is 9. The molecule has 39 heavy (non-hydrogen) atoms. The summed E-state index contributed by atoms with van der Waals surface area (Å²) in [5.74, 6) is 0.565. The summed E-state index contributed by atoms with van der Waals surface area (Å²) in [5, 5.41) is 9.32. The molecule has 2 aromatic heterocycles. The zero-order valence-corrected chi connectivity index (χ0v) is 23.7. The molecule has 1 N–H and O–H groups in total. The van der Waals surface area contributed by atoms with Crippen LogP contribution in [-0.4, -0.2) is 103 Å². The van der Waals surface area contributed by atoms with Gasteiger partial charge in [-0.2, -0.15) is 9.40 Å². The number of aromatic nitrogens is 4. The summed E-state index contributed by atoms with van der Waals surface area (Å²) in [7, 11) is -3.61. The molecule has 210 valence electrons. The van der Waals surface area contributed by atoms with Gasteiger partial charge in [-0.05, 0) is 24.3 Å². The molecule has 2 aliphatic heterocycles. The van der Waals surface area contributed by atoms with Gasteiger partial charge in [-0.3, -0.25) is 4.79 Å². The Kier molecular flexibility index (Phi) is 8.67. The second kappa shape index (κ2) is 12.2. The first-order chi connectivity index (χ1) is 18.8. The van der Waals surface area contributed by atoms with E-state index in [0.29, 0.717) is 68.6 Å². The van der Waals surface area contributed by atoms with Gasteiger partial charge in [0, 0.05) is 43.5 Å². The van der Waals surface area contributed by atoms with Crippen molar-refractivity contribution in [2.45, 2.75) is 35.7 Å². The number of morpholine rings is 2. The summed E-state index contributed by atoms with van der Waals surface area (Å²) in [6.07, 6.45) is 1.78. The molecule has 0 spiro atoms. The highest BCUT2D eigenvalue weighted by Crippen LogP contribution is 2.29. The minimum Gasteiger partial charge on any atom is -0.379 e. The first kappa shape index (κ1) is 27.8. The van der Waals surface area contributed by atoms with Gasteiger partial charge in [0.05, 0.1) is 49.5 Å². The van der Waals surface area contributed by atoms with Crippen LogP contribution in [0.2, 0.25) is 0 Å². The predicted octanol–water partition coefficient (Wildman–Crippen LogP) is 1.61. The Morgan fingerprint density at radius 2 is 1.69 bits per heavy atom. The van der Waals surface area contributed by atoms with E-state index in [4.69, 9.17) is 19.4 Å². The summed E-state index contributed by atoms with van der Waals surface area (Å²) in [6.45, 7) is 9.17. The fourth-order valence-corrected chi connectivity index (χ4v) is 6.56. The monoisotopic (exact) mass is 575 g/mol. The fraction of sp³-hybridized carbons (Fsp3) is 0.520. The van der Waals surface area contributed by atoms with E-state index < -0.39 is 10.0 Å². The summed E-state index contributed by atoms with van der Waals surface area (Å²) in [5.41, 5.74) is 1.11. The molecule has 2 fully saturated rings. The fourth-order valence-electron chi connectivity index (χ4n) is 4.46. The number of ether oxygens (including phenoxy) is 2. The van der Waals surface area contributed by atoms with Crippen molar-refractivity contribution in [1.29, 1.82) is 0 Å². The molecule has 2 saturated heterocycles. The Labute approximate surface area is 232 Å². The number of amides is 1. The number of benzene rings is 1. The topological polar surface area (TPSA) is 132 Å². The lowest BCUT2D eigenvalue weighted by molar-refractivity contribution is 0.0730. The van der Waals surface area contributed by atoms with Crippen LogP contribution in [0.4, 0.5) is 5.82 Å². The summed E-state index contributed by atoms with van der Waals surface area (Å²) >= 11 is 1.60. The maximum Gasteiger partial charge on any atom is 0.251 e. The zero-order chi connectivity index (χ0) is 27.4. The van der Waals surface area contributed by atoms with Crippen molar-refractivity contribution in [2.75, 3.05) is 64.1 Å². The lowest BCUT2D eigenvalue weighted by atomic mass is 10.2. The molecule has 1 aromatic carbocycles. The molecular weight excluding hydrogens is 542 g/mol. The van der Waals surface area contributed by atoms with Gasteiger partial charge in [-0.1, -0.05) is 25.6 Å². The number of fused-ring (bicyclic) bond motifs is 1. The van der Waals surface area contributed by atoms with E-state index in [1.54, 1.807) is 22.6 Å². The standard InChI is InChI=1S/C25H33N7O5S2/c1-18(2)38-25-28-22(30-9-13-36-14-10-30)21-17-27-32(23(21)29-25)8-7-26-24(33)19-3-5-20(6-4-19)39(34,35)31-11-15-37-16-12-31/h3-6,17-18H,7-16H2,1-2H3,(H,26,33). The second-order valence-corrected chi connectivity index (χ2v) is 13.0. The van der Waals surface area contributed by atoms with Gasteiger partial charge in [0.2, 0.25) is 10.0 Å². The van der Waals surface area contributed by atoms with Crippen molar-refractivity contribution in [3.8, 4) is 0 Å². The van der Waals surface area contributed by atoms with Crippen molar-refractivity contribution in [3.63, 3.8) is 0 Å². The van der Waals surface area contributed by atoms with E-state index in [1.807, 2.05) is 0 Å². The van der Waals surface area contributed by atoms with E-state index in [2.05, 4.69) is 29.2 Å². The van der Waals surface area contributed by atoms with Crippen molar-refractivity contribution >= 4 is 44.5 Å². The van der Waals surface area contributed by atoms with Gasteiger partial charge in [-0.25, -0.2) is 23.1 Å². The average molecular weight is 576 g/mol. The van der Waals surface area contributed by atoms with E-state index in [0.717, 1.165) is 29.9 Å². The number of nitrogens with one attached hydrogen (secondary N) is 1. The number of sulfonamides is 1. The quantitative estimate of drug-likeness (QED) is 0.297. The molecule has 0 atom stereocenters. The van der Waals surface area contributed by atoms with Crippen molar-refractivity contribution in [1.82, 2.24) is 29.4 Å². The minimum atomic E-state index is -3.61. The second-order valence-electron chi connectivity index (χ2n) is 9.50. The predicted molar refractivity (Wildman–Crippen MR) is 148 cm³/mol. The van der Waals surface area contributed by atoms with E-state index >= 15 is 0 Å². The molecule has 0 bridgehead atoms. The molecule has 5 rings (SSSR count). The number of carbonyl (C=O) groups excluding carboxylic acids is 1.